The van der Waals surface area contributed by atoms with Crippen LogP contribution in [-0.2, 0) is 4.79 Å². The molecule has 1 N–H and O–H groups in total. The number of carbonyl (C=O) groups is 1. The number of benzene rings is 1. The van der Waals surface area contributed by atoms with E-state index in [9.17, 15) is 18.0 Å². The van der Waals surface area contributed by atoms with Crippen molar-refractivity contribution in [3.63, 3.8) is 0 Å². The first-order valence-electron chi connectivity index (χ1n) is 4.01. The van der Waals surface area contributed by atoms with Crippen molar-refractivity contribution in [2.45, 2.75) is 11.8 Å². The first-order chi connectivity index (χ1) is 6.91. The van der Waals surface area contributed by atoms with Crippen molar-refractivity contribution < 1.29 is 18.0 Å². The Kier molecular flexibility index (Phi) is 3.73. The summed E-state index contributed by atoms with van der Waals surface area (Å²) in [7, 11) is 0. The van der Waals surface area contributed by atoms with Crippen LogP contribution in [0.1, 0.15) is 6.92 Å². The predicted molar refractivity (Wildman–Crippen MR) is 53.3 cm³/mol. The average Bonchev–Trinajstić information content (AvgIpc) is 2.13. The van der Waals surface area contributed by atoms with Crippen LogP contribution in [0.4, 0.5) is 18.9 Å². The number of hydrogen-bond donors (Lipinski definition) is 1. The van der Waals surface area contributed by atoms with Crippen LogP contribution < -0.4 is 5.32 Å². The number of anilines is 1. The highest BCUT2D eigenvalue weighted by Crippen LogP contribution is 2.17. The summed E-state index contributed by atoms with van der Waals surface area (Å²) < 4.78 is 38.0. The second-order valence-electron chi connectivity index (χ2n) is 2.86. The van der Waals surface area contributed by atoms with Gasteiger partial charge in [0.15, 0.2) is 17.5 Å². The van der Waals surface area contributed by atoms with Gasteiger partial charge in [-0.05, 0) is 6.92 Å². The smallest absolute Gasteiger partial charge is 0.237 e. The highest BCUT2D eigenvalue weighted by molar-refractivity contribution is 9.10. The van der Waals surface area contributed by atoms with Gasteiger partial charge in [-0.2, -0.15) is 0 Å². The summed E-state index contributed by atoms with van der Waals surface area (Å²) in [6.45, 7) is 1.55. The molecule has 0 aliphatic heterocycles. The molecule has 2 nitrogen and oxygen atoms in total. The van der Waals surface area contributed by atoms with Crippen LogP contribution in [0.5, 0.6) is 0 Å². The largest absolute Gasteiger partial charge is 0.325 e. The molecule has 1 unspecified atom stereocenters. The topological polar surface area (TPSA) is 29.1 Å². The molecule has 6 heteroatoms. The molecule has 0 spiro atoms. The molecule has 0 aromatic heterocycles. The molecule has 0 aliphatic rings. The Bertz CT molecular complexity index is 372. The molecule has 0 aliphatic carbocycles. The normalized spacial score (nSPS) is 12.3. The molecule has 82 valence electrons. The van der Waals surface area contributed by atoms with E-state index in [-0.39, 0.29) is 5.69 Å². The number of rotatable bonds is 2. The van der Waals surface area contributed by atoms with E-state index in [4.69, 9.17) is 0 Å². The molecule has 15 heavy (non-hydrogen) atoms. The molecule has 0 saturated carbocycles. The van der Waals surface area contributed by atoms with Crippen LogP contribution in [0.25, 0.3) is 0 Å². The van der Waals surface area contributed by atoms with Crippen molar-refractivity contribution in [1.29, 1.82) is 0 Å². The van der Waals surface area contributed by atoms with E-state index >= 15 is 0 Å². The van der Waals surface area contributed by atoms with Crippen molar-refractivity contribution in [3.05, 3.63) is 29.6 Å². The van der Waals surface area contributed by atoms with Gasteiger partial charge in [-0.1, -0.05) is 15.9 Å². The van der Waals surface area contributed by atoms with Crippen molar-refractivity contribution >= 4 is 27.5 Å². The van der Waals surface area contributed by atoms with Gasteiger partial charge in [-0.3, -0.25) is 4.79 Å². The Morgan fingerprint density at radius 2 is 1.80 bits per heavy atom. The summed E-state index contributed by atoms with van der Waals surface area (Å²) >= 11 is 2.98. The van der Waals surface area contributed by atoms with Crippen molar-refractivity contribution in [2.24, 2.45) is 0 Å². The molecular weight excluding hydrogens is 275 g/mol. The standard InChI is InChI=1S/C9H7BrF3NO/c1-4(10)9(15)14-5-2-6(11)8(13)7(12)3-5/h2-4H,1H3,(H,14,15). The fraction of sp³-hybridized carbons (Fsp3) is 0.222. The first-order valence-corrected chi connectivity index (χ1v) is 4.93. The Balaban J connectivity index is 2.93. The number of hydrogen-bond acceptors (Lipinski definition) is 1. The second kappa shape index (κ2) is 4.65. The maximum Gasteiger partial charge on any atom is 0.237 e. The van der Waals surface area contributed by atoms with Crippen molar-refractivity contribution in [2.75, 3.05) is 5.32 Å². The molecule has 1 rings (SSSR count). The zero-order valence-corrected chi connectivity index (χ0v) is 9.24. The van der Waals surface area contributed by atoms with Gasteiger partial charge in [0.05, 0.1) is 4.83 Å². The van der Waals surface area contributed by atoms with Crippen LogP contribution in [0.15, 0.2) is 12.1 Å². The van der Waals surface area contributed by atoms with Gasteiger partial charge in [0.1, 0.15) is 0 Å². The molecule has 0 bridgehead atoms. The molecule has 1 aromatic carbocycles. The lowest BCUT2D eigenvalue weighted by atomic mass is 10.2. The van der Waals surface area contributed by atoms with E-state index in [1.54, 1.807) is 6.92 Å². The van der Waals surface area contributed by atoms with Gasteiger partial charge in [0, 0.05) is 17.8 Å². The number of halogens is 4. The third-order valence-electron chi connectivity index (χ3n) is 1.61. The molecule has 1 aromatic rings. The number of amides is 1. The zero-order chi connectivity index (χ0) is 11.6. The molecular formula is C9H7BrF3NO. The lowest BCUT2D eigenvalue weighted by Gasteiger charge is -2.07. The third-order valence-corrected chi connectivity index (χ3v) is 2.03. The van der Waals surface area contributed by atoms with Gasteiger partial charge in [-0.25, -0.2) is 13.2 Å². The summed E-state index contributed by atoms with van der Waals surface area (Å²) in [5, 5.41) is 2.22. The van der Waals surface area contributed by atoms with E-state index in [0.29, 0.717) is 12.1 Å². The Labute approximate surface area is 92.6 Å². The first kappa shape index (κ1) is 12.0. The summed E-state index contributed by atoms with van der Waals surface area (Å²) in [6.07, 6.45) is 0. The lowest BCUT2D eigenvalue weighted by Crippen LogP contribution is -2.20. The van der Waals surface area contributed by atoms with Crippen LogP contribution in [0.3, 0.4) is 0 Å². The van der Waals surface area contributed by atoms with Gasteiger partial charge < -0.3 is 5.32 Å². The van der Waals surface area contributed by atoms with E-state index in [2.05, 4.69) is 21.2 Å². The molecule has 0 fully saturated rings. The minimum Gasteiger partial charge on any atom is -0.325 e. The molecule has 0 saturated heterocycles. The highest BCUT2D eigenvalue weighted by Gasteiger charge is 2.13. The quantitative estimate of drug-likeness (QED) is 0.656. The minimum atomic E-state index is -1.56. The Hall–Kier alpha value is -1.04. The Morgan fingerprint density at radius 3 is 2.20 bits per heavy atom. The van der Waals surface area contributed by atoms with E-state index in [1.807, 2.05) is 0 Å². The fourth-order valence-corrected chi connectivity index (χ4v) is 0.984. The van der Waals surface area contributed by atoms with Crippen LogP contribution in [0.2, 0.25) is 0 Å². The maximum atomic E-state index is 12.7. The van der Waals surface area contributed by atoms with E-state index in [0.717, 1.165) is 0 Å². The van der Waals surface area contributed by atoms with E-state index in [1.165, 1.54) is 0 Å². The minimum absolute atomic E-state index is 0.122. The average molecular weight is 282 g/mol. The van der Waals surface area contributed by atoms with Crippen LogP contribution >= 0.6 is 15.9 Å². The summed E-state index contributed by atoms with van der Waals surface area (Å²) in [5.74, 6) is -4.71. The van der Waals surface area contributed by atoms with Crippen LogP contribution in [-0.4, -0.2) is 10.7 Å². The summed E-state index contributed by atoms with van der Waals surface area (Å²) in [5.41, 5.74) is -0.122. The number of nitrogens with one attached hydrogen (secondary N) is 1. The van der Waals surface area contributed by atoms with Gasteiger partial charge in [-0.15, -0.1) is 0 Å². The zero-order valence-electron chi connectivity index (χ0n) is 7.65. The summed E-state index contributed by atoms with van der Waals surface area (Å²) in [6, 6.07) is 1.43. The monoisotopic (exact) mass is 281 g/mol. The maximum absolute atomic E-state index is 12.7. The molecule has 0 radical (unpaired) electrons. The van der Waals surface area contributed by atoms with Gasteiger partial charge in [0.25, 0.3) is 0 Å². The number of carbonyl (C=O) groups excluding carboxylic acids is 1. The van der Waals surface area contributed by atoms with E-state index < -0.39 is 28.2 Å². The second-order valence-corrected chi connectivity index (χ2v) is 4.23. The highest BCUT2D eigenvalue weighted by atomic mass is 79.9. The summed E-state index contributed by atoms with van der Waals surface area (Å²) in [4.78, 5) is 10.6. The lowest BCUT2D eigenvalue weighted by molar-refractivity contribution is -0.115. The van der Waals surface area contributed by atoms with Crippen molar-refractivity contribution in [1.82, 2.24) is 0 Å². The van der Waals surface area contributed by atoms with Crippen molar-refractivity contribution in [3.8, 4) is 0 Å². The van der Waals surface area contributed by atoms with Gasteiger partial charge in [0.2, 0.25) is 5.91 Å². The SMILES string of the molecule is CC(Br)C(=O)Nc1cc(F)c(F)c(F)c1. The van der Waals surface area contributed by atoms with Gasteiger partial charge >= 0.3 is 0 Å². The van der Waals surface area contributed by atoms with Crippen LogP contribution in [0, 0.1) is 17.5 Å². The third kappa shape index (κ3) is 2.95. The molecule has 1 atom stereocenters. The predicted octanol–water partition coefficient (Wildman–Crippen LogP) is 2.83. The molecule has 1 amide bonds. The fourth-order valence-electron chi connectivity index (χ4n) is 0.869. The number of alkyl halides is 1. The molecule has 0 heterocycles. The Morgan fingerprint density at radius 1 is 1.33 bits per heavy atom.